The van der Waals surface area contributed by atoms with Crippen LogP contribution in [0.2, 0.25) is 0 Å². The summed E-state index contributed by atoms with van der Waals surface area (Å²) < 4.78 is 0. The van der Waals surface area contributed by atoms with Gasteiger partial charge in [-0.2, -0.15) is 0 Å². The molecule has 0 fully saturated rings. The summed E-state index contributed by atoms with van der Waals surface area (Å²) >= 11 is 1.28. The number of nitrogens with two attached hydrogens (primary N) is 1. The molecule has 1 aromatic heterocycles. The van der Waals surface area contributed by atoms with E-state index in [-0.39, 0.29) is 5.12 Å². The van der Waals surface area contributed by atoms with Gasteiger partial charge >= 0.3 is 0 Å². The molecule has 0 spiro atoms. The number of carbonyl (C=O) groups is 1. The van der Waals surface area contributed by atoms with Crippen LogP contribution in [0, 0.1) is 11.8 Å². The molecule has 0 aliphatic rings. The van der Waals surface area contributed by atoms with Crippen LogP contribution in [-0.2, 0) is 4.79 Å². The Labute approximate surface area is 93.5 Å². The van der Waals surface area contributed by atoms with Crippen LogP contribution < -0.4 is 5.73 Å². The Morgan fingerprint density at radius 1 is 1.67 bits per heavy atom. The third-order valence-electron chi connectivity index (χ3n) is 1.58. The van der Waals surface area contributed by atoms with Crippen molar-refractivity contribution >= 4 is 22.6 Å². The monoisotopic (exact) mass is 220 g/mol. The first-order valence-electron chi connectivity index (χ1n) is 4.53. The molecule has 4 heteroatoms. The Hall–Kier alpha value is -1.47. The van der Waals surface area contributed by atoms with Crippen molar-refractivity contribution in [2.75, 3.05) is 11.5 Å². The van der Waals surface area contributed by atoms with Crippen molar-refractivity contribution in [2.45, 2.75) is 13.3 Å². The van der Waals surface area contributed by atoms with Gasteiger partial charge in [0.15, 0.2) is 5.12 Å². The molecular weight excluding hydrogens is 208 g/mol. The van der Waals surface area contributed by atoms with E-state index in [0.717, 1.165) is 5.75 Å². The van der Waals surface area contributed by atoms with E-state index in [1.165, 1.54) is 11.8 Å². The molecule has 0 unspecified atom stereocenters. The van der Waals surface area contributed by atoms with Gasteiger partial charge in [-0.3, -0.25) is 4.79 Å². The number of hydrogen-bond donors (Lipinski definition) is 1. The summed E-state index contributed by atoms with van der Waals surface area (Å²) in [5.74, 6) is 6.53. The average Bonchev–Trinajstić information content (AvgIpc) is 2.20. The quantitative estimate of drug-likeness (QED) is 0.608. The molecule has 0 saturated carbocycles. The second-order valence-corrected chi connectivity index (χ2v) is 4.10. The normalized spacial score (nSPS) is 9.13. The molecule has 15 heavy (non-hydrogen) atoms. The SMILES string of the molecule is CC(=O)SCCC#Cc1ncccc1N. The maximum atomic E-state index is 10.6. The Morgan fingerprint density at radius 2 is 2.47 bits per heavy atom. The van der Waals surface area contributed by atoms with Gasteiger partial charge in [0.05, 0.1) is 5.69 Å². The molecule has 1 aromatic rings. The summed E-state index contributed by atoms with van der Waals surface area (Å²) in [7, 11) is 0. The lowest BCUT2D eigenvalue weighted by Crippen LogP contribution is -1.92. The van der Waals surface area contributed by atoms with Crippen molar-refractivity contribution in [1.29, 1.82) is 0 Å². The fourth-order valence-electron chi connectivity index (χ4n) is 0.914. The number of anilines is 1. The first-order valence-corrected chi connectivity index (χ1v) is 5.51. The van der Waals surface area contributed by atoms with E-state index in [1.54, 1.807) is 25.3 Å². The Morgan fingerprint density at radius 3 is 3.13 bits per heavy atom. The highest BCUT2D eigenvalue weighted by molar-refractivity contribution is 8.13. The molecule has 0 aromatic carbocycles. The van der Waals surface area contributed by atoms with Crippen molar-refractivity contribution < 1.29 is 4.79 Å². The fourth-order valence-corrected chi connectivity index (χ4v) is 1.41. The number of aromatic nitrogens is 1. The number of rotatable bonds is 2. The van der Waals surface area contributed by atoms with Gasteiger partial charge in [-0.05, 0) is 18.1 Å². The number of carbonyl (C=O) groups excluding carboxylic acids is 1. The first-order chi connectivity index (χ1) is 7.20. The van der Waals surface area contributed by atoms with Gasteiger partial charge in [0.25, 0.3) is 0 Å². The number of hydrogen-bond acceptors (Lipinski definition) is 4. The van der Waals surface area contributed by atoms with Crippen LogP contribution in [-0.4, -0.2) is 15.9 Å². The maximum absolute atomic E-state index is 10.6. The molecular formula is C11H12N2OS. The van der Waals surface area contributed by atoms with E-state index in [9.17, 15) is 4.79 Å². The Balaban J connectivity index is 2.45. The molecule has 78 valence electrons. The molecule has 1 rings (SSSR count). The van der Waals surface area contributed by atoms with Crippen LogP contribution in [0.25, 0.3) is 0 Å². The first kappa shape index (κ1) is 11.6. The summed E-state index contributed by atoms with van der Waals surface area (Å²) in [5, 5.41) is 0.120. The van der Waals surface area contributed by atoms with Gasteiger partial charge in [-0.1, -0.05) is 17.7 Å². The highest BCUT2D eigenvalue weighted by Crippen LogP contribution is 2.05. The number of nitrogens with zero attached hydrogens (tertiary/aromatic N) is 1. The smallest absolute Gasteiger partial charge is 0.185 e. The lowest BCUT2D eigenvalue weighted by atomic mass is 10.3. The molecule has 0 amide bonds. The largest absolute Gasteiger partial charge is 0.396 e. The molecule has 0 atom stereocenters. The minimum absolute atomic E-state index is 0.120. The predicted molar refractivity (Wildman–Crippen MR) is 63.3 cm³/mol. The second-order valence-electron chi connectivity index (χ2n) is 2.83. The Bertz CT molecular complexity index is 407. The fraction of sp³-hybridized carbons (Fsp3) is 0.273. The van der Waals surface area contributed by atoms with Gasteiger partial charge in [0.2, 0.25) is 0 Å². The van der Waals surface area contributed by atoms with Gasteiger partial charge in [0.1, 0.15) is 5.69 Å². The van der Waals surface area contributed by atoms with Crippen LogP contribution >= 0.6 is 11.8 Å². The second kappa shape index (κ2) is 6.10. The molecule has 2 N–H and O–H groups in total. The third-order valence-corrected chi connectivity index (χ3v) is 2.39. The number of nitrogen functional groups attached to an aromatic ring is 1. The van der Waals surface area contributed by atoms with E-state index in [4.69, 9.17) is 5.73 Å². The zero-order valence-electron chi connectivity index (χ0n) is 8.49. The average molecular weight is 220 g/mol. The topological polar surface area (TPSA) is 56.0 Å². The zero-order chi connectivity index (χ0) is 11.1. The van der Waals surface area contributed by atoms with Gasteiger partial charge in [-0.25, -0.2) is 4.98 Å². The summed E-state index contributed by atoms with van der Waals surface area (Å²) in [6.45, 7) is 1.55. The number of thioether (sulfide) groups is 1. The van der Waals surface area contributed by atoms with E-state index >= 15 is 0 Å². The summed E-state index contributed by atoms with van der Waals surface area (Å²) in [4.78, 5) is 14.7. The molecule has 0 aliphatic heterocycles. The van der Waals surface area contributed by atoms with Gasteiger partial charge < -0.3 is 5.73 Å². The highest BCUT2D eigenvalue weighted by Gasteiger charge is 1.93. The van der Waals surface area contributed by atoms with Crippen molar-refractivity contribution in [3.8, 4) is 11.8 Å². The van der Waals surface area contributed by atoms with Gasteiger partial charge in [0, 0.05) is 25.3 Å². The van der Waals surface area contributed by atoms with Crippen LogP contribution in [0.4, 0.5) is 5.69 Å². The van der Waals surface area contributed by atoms with E-state index in [1.807, 2.05) is 0 Å². The zero-order valence-corrected chi connectivity index (χ0v) is 9.30. The molecule has 3 nitrogen and oxygen atoms in total. The van der Waals surface area contributed by atoms with Crippen molar-refractivity contribution in [3.05, 3.63) is 24.0 Å². The highest BCUT2D eigenvalue weighted by atomic mass is 32.2. The summed E-state index contributed by atoms with van der Waals surface area (Å²) in [6.07, 6.45) is 2.32. The van der Waals surface area contributed by atoms with Crippen LogP contribution in [0.5, 0.6) is 0 Å². The van der Waals surface area contributed by atoms with Crippen molar-refractivity contribution in [2.24, 2.45) is 0 Å². The van der Waals surface area contributed by atoms with Crippen LogP contribution in [0.15, 0.2) is 18.3 Å². The predicted octanol–water partition coefficient (Wildman–Crippen LogP) is 1.69. The van der Waals surface area contributed by atoms with Crippen molar-refractivity contribution in [3.63, 3.8) is 0 Å². The molecule has 0 radical (unpaired) electrons. The third kappa shape index (κ3) is 4.52. The minimum atomic E-state index is 0.120. The molecule has 0 bridgehead atoms. The lowest BCUT2D eigenvalue weighted by Gasteiger charge is -1.94. The van der Waals surface area contributed by atoms with E-state index in [2.05, 4.69) is 16.8 Å². The van der Waals surface area contributed by atoms with Crippen LogP contribution in [0.1, 0.15) is 19.0 Å². The summed E-state index contributed by atoms with van der Waals surface area (Å²) in [6, 6.07) is 3.54. The standard InChI is InChI=1S/C11H12N2OS/c1-9(14)15-8-3-2-6-11-10(12)5-4-7-13-11/h4-5,7H,3,8,12H2,1H3. The minimum Gasteiger partial charge on any atom is -0.396 e. The summed E-state index contributed by atoms with van der Waals surface area (Å²) in [5.41, 5.74) is 6.85. The molecule has 1 heterocycles. The Kier molecular flexibility index (Phi) is 4.72. The van der Waals surface area contributed by atoms with E-state index < -0.39 is 0 Å². The van der Waals surface area contributed by atoms with Gasteiger partial charge in [-0.15, -0.1) is 0 Å². The molecule has 0 saturated heterocycles. The maximum Gasteiger partial charge on any atom is 0.185 e. The lowest BCUT2D eigenvalue weighted by molar-refractivity contribution is -0.109. The molecule has 0 aliphatic carbocycles. The number of pyridine rings is 1. The van der Waals surface area contributed by atoms with Crippen molar-refractivity contribution in [1.82, 2.24) is 4.98 Å². The van der Waals surface area contributed by atoms with E-state index in [0.29, 0.717) is 17.8 Å². The van der Waals surface area contributed by atoms with Crippen LogP contribution in [0.3, 0.4) is 0 Å².